The van der Waals surface area contributed by atoms with Crippen molar-refractivity contribution in [2.75, 3.05) is 12.5 Å². The van der Waals surface area contributed by atoms with Crippen LogP contribution >= 0.6 is 0 Å². The Morgan fingerprint density at radius 1 is 1.64 bits per heavy atom. The second kappa shape index (κ2) is 6.88. The van der Waals surface area contributed by atoms with E-state index in [1.54, 1.807) is 24.0 Å². The lowest BCUT2D eigenvalue weighted by atomic mass is 10.6. The molecule has 14 heavy (non-hydrogen) atoms. The van der Waals surface area contributed by atoms with E-state index in [9.17, 15) is 0 Å². The second-order valence-corrected chi connectivity index (χ2v) is 2.28. The van der Waals surface area contributed by atoms with Gasteiger partial charge in [-0.2, -0.15) is 0 Å². The Balaban J connectivity index is 0.000000791. The van der Waals surface area contributed by atoms with Gasteiger partial charge in [-0.3, -0.25) is 10.4 Å². The van der Waals surface area contributed by atoms with Crippen LogP contribution in [-0.4, -0.2) is 22.5 Å². The highest BCUT2D eigenvalue weighted by atomic mass is 15.4. The van der Waals surface area contributed by atoms with Gasteiger partial charge in [0.05, 0.1) is 0 Å². The summed E-state index contributed by atoms with van der Waals surface area (Å²) in [5.74, 6) is 1.61. The summed E-state index contributed by atoms with van der Waals surface area (Å²) in [4.78, 5) is 8.01. The summed E-state index contributed by atoms with van der Waals surface area (Å²) >= 11 is 0. The molecule has 0 saturated heterocycles. The standard InChI is InChI=1S/C8H12N4.C2H6/c1-4-8-10-5-6-12(8)11-7(2)9-3;1-2/h4-6H,1H2,2-3H3,(H,9,11);1-2H3. The number of imidazole rings is 1. The van der Waals surface area contributed by atoms with Crippen LogP contribution in [0.25, 0.3) is 6.08 Å². The highest BCUT2D eigenvalue weighted by Crippen LogP contribution is 1.95. The summed E-state index contributed by atoms with van der Waals surface area (Å²) < 4.78 is 1.76. The summed E-state index contributed by atoms with van der Waals surface area (Å²) in [7, 11) is 1.73. The van der Waals surface area contributed by atoms with Gasteiger partial charge in [-0.15, -0.1) is 0 Å². The number of nitrogens with zero attached hydrogens (tertiary/aromatic N) is 3. The topological polar surface area (TPSA) is 42.2 Å². The van der Waals surface area contributed by atoms with E-state index in [4.69, 9.17) is 0 Å². The number of aliphatic imine (C=N–C) groups is 1. The monoisotopic (exact) mass is 194 g/mol. The van der Waals surface area contributed by atoms with E-state index in [2.05, 4.69) is 22.0 Å². The fourth-order valence-electron chi connectivity index (χ4n) is 0.785. The normalized spacial score (nSPS) is 10.1. The lowest BCUT2D eigenvalue weighted by Crippen LogP contribution is -2.20. The molecule has 0 amide bonds. The van der Waals surface area contributed by atoms with Crippen LogP contribution in [0, 0.1) is 0 Å². The van der Waals surface area contributed by atoms with Crippen molar-refractivity contribution in [2.45, 2.75) is 20.8 Å². The van der Waals surface area contributed by atoms with Crippen LogP contribution in [0.1, 0.15) is 26.6 Å². The van der Waals surface area contributed by atoms with Gasteiger partial charge in [-0.05, 0) is 13.0 Å². The summed E-state index contributed by atoms with van der Waals surface area (Å²) in [6.45, 7) is 9.52. The molecule has 0 aromatic carbocycles. The molecule has 0 atom stereocenters. The van der Waals surface area contributed by atoms with E-state index in [1.165, 1.54) is 0 Å². The third-order valence-electron chi connectivity index (χ3n) is 1.47. The molecule has 0 aliphatic rings. The zero-order chi connectivity index (χ0) is 11.0. The molecule has 4 heteroatoms. The van der Waals surface area contributed by atoms with Crippen LogP contribution < -0.4 is 5.43 Å². The van der Waals surface area contributed by atoms with Gasteiger partial charge in [0.25, 0.3) is 0 Å². The number of nitrogens with one attached hydrogen (secondary N) is 1. The molecule has 1 heterocycles. The minimum atomic E-state index is 0.776. The molecule has 0 unspecified atom stereocenters. The fourth-order valence-corrected chi connectivity index (χ4v) is 0.785. The first kappa shape index (κ1) is 12.4. The lowest BCUT2D eigenvalue weighted by molar-refractivity contribution is 0.949. The van der Waals surface area contributed by atoms with Gasteiger partial charge in [0.1, 0.15) is 5.84 Å². The summed E-state index contributed by atoms with van der Waals surface area (Å²) in [5.41, 5.74) is 3.02. The highest BCUT2D eigenvalue weighted by Gasteiger charge is 1.96. The maximum atomic E-state index is 4.05. The number of amidine groups is 1. The van der Waals surface area contributed by atoms with Crippen molar-refractivity contribution < 1.29 is 0 Å². The van der Waals surface area contributed by atoms with Gasteiger partial charge in [-0.1, -0.05) is 20.4 Å². The molecule has 0 bridgehead atoms. The van der Waals surface area contributed by atoms with Crippen LogP contribution in [-0.2, 0) is 0 Å². The predicted octanol–water partition coefficient (Wildman–Crippen LogP) is 2.14. The summed E-state index contributed by atoms with van der Waals surface area (Å²) in [6.07, 6.45) is 5.19. The first-order chi connectivity index (χ1) is 6.77. The second-order valence-electron chi connectivity index (χ2n) is 2.28. The number of rotatable bonds is 2. The predicted molar refractivity (Wildman–Crippen MR) is 62.1 cm³/mol. The summed E-state index contributed by atoms with van der Waals surface area (Å²) in [6, 6.07) is 0. The van der Waals surface area contributed by atoms with Gasteiger partial charge < -0.3 is 0 Å². The molecule has 0 saturated carbocycles. The van der Waals surface area contributed by atoms with Crippen molar-refractivity contribution in [1.82, 2.24) is 9.66 Å². The van der Waals surface area contributed by atoms with Gasteiger partial charge >= 0.3 is 0 Å². The Hall–Kier alpha value is -1.58. The smallest absolute Gasteiger partial charge is 0.150 e. The first-order valence-electron chi connectivity index (χ1n) is 4.64. The molecule has 0 aliphatic heterocycles. The molecule has 78 valence electrons. The Morgan fingerprint density at radius 2 is 2.29 bits per heavy atom. The van der Waals surface area contributed by atoms with Crippen molar-refractivity contribution >= 4 is 11.9 Å². The summed E-state index contributed by atoms with van der Waals surface area (Å²) in [5, 5.41) is 0. The Bertz CT molecular complexity index is 299. The van der Waals surface area contributed by atoms with Gasteiger partial charge in [0.15, 0.2) is 5.82 Å². The molecule has 0 aliphatic carbocycles. The maximum Gasteiger partial charge on any atom is 0.150 e. The third-order valence-corrected chi connectivity index (χ3v) is 1.47. The Kier molecular flexibility index (Phi) is 6.11. The molecular weight excluding hydrogens is 176 g/mol. The van der Waals surface area contributed by atoms with E-state index >= 15 is 0 Å². The van der Waals surface area contributed by atoms with Crippen LogP contribution in [0.5, 0.6) is 0 Å². The minimum absolute atomic E-state index is 0.776. The molecule has 1 N–H and O–H groups in total. The SMILES string of the molecule is C=Cc1nccn1NC(C)=NC.CC. The van der Waals surface area contributed by atoms with Crippen molar-refractivity contribution in [1.29, 1.82) is 0 Å². The maximum absolute atomic E-state index is 4.05. The molecular formula is C10H18N4. The molecule has 1 aromatic heterocycles. The molecule has 0 radical (unpaired) electrons. The van der Waals surface area contributed by atoms with Crippen molar-refractivity contribution in [3.63, 3.8) is 0 Å². The van der Waals surface area contributed by atoms with Crippen LogP contribution in [0.4, 0.5) is 0 Å². The van der Waals surface area contributed by atoms with Gasteiger partial charge in [0.2, 0.25) is 0 Å². The number of aromatic nitrogens is 2. The van der Waals surface area contributed by atoms with Crippen molar-refractivity contribution in [3.8, 4) is 0 Å². The minimum Gasteiger partial charge on any atom is -0.280 e. The number of hydrogen-bond donors (Lipinski definition) is 1. The molecule has 0 fully saturated rings. The van der Waals surface area contributed by atoms with Crippen molar-refractivity contribution in [2.24, 2.45) is 4.99 Å². The van der Waals surface area contributed by atoms with Crippen molar-refractivity contribution in [3.05, 3.63) is 24.8 Å². The fraction of sp³-hybridized carbons (Fsp3) is 0.400. The van der Waals surface area contributed by atoms with E-state index in [-0.39, 0.29) is 0 Å². The largest absolute Gasteiger partial charge is 0.280 e. The first-order valence-corrected chi connectivity index (χ1v) is 4.64. The molecule has 1 aromatic rings. The average Bonchev–Trinajstić information content (AvgIpc) is 2.68. The van der Waals surface area contributed by atoms with Gasteiger partial charge in [-0.25, -0.2) is 9.66 Å². The van der Waals surface area contributed by atoms with E-state index in [0.717, 1.165) is 11.7 Å². The zero-order valence-corrected chi connectivity index (χ0v) is 9.28. The molecule has 0 spiro atoms. The Labute approximate surface area is 85.4 Å². The molecule has 4 nitrogen and oxygen atoms in total. The van der Waals surface area contributed by atoms with E-state index < -0.39 is 0 Å². The highest BCUT2D eigenvalue weighted by molar-refractivity contribution is 5.86. The quantitative estimate of drug-likeness (QED) is 0.579. The van der Waals surface area contributed by atoms with Crippen LogP contribution in [0.15, 0.2) is 24.0 Å². The lowest BCUT2D eigenvalue weighted by Gasteiger charge is -2.06. The average molecular weight is 194 g/mol. The van der Waals surface area contributed by atoms with Gasteiger partial charge in [0, 0.05) is 19.4 Å². The zero-order valence-electron chi connectivity index (χ0n) is 9.28. The van der Waals surface area contributed by atoms with E-state index in [1.807, 2.05) is 27.0 Å². The molecule has 1 rings (SSSR count). The third kappa shape index (κ3) is 3.43. The van der Waals surface area contributed by atoms with Crippen LogP contribution in [0.3, 0.4) is 0 Å². The van der Waals surface area contributed by atoms with Crippen LogP contribution in [0.2, 0.25) is 0 Å². The number of hydrogen-bond acceptors (Lipinski definition) is 2. The van der Waals surface area contributed by atoms with E-state index in [0.29, 0.717) is 0 Å². The Morgan fingerprint density at radius 3 is 2.79 bits per heavy atom.